The summed E-state index contributed by atoms with van der Waals surface area (Å²) in [4.78, 5) is 2.06. The lowest BCUT2D eigenvalue weighted by Crippen LogP contribution is -2.20. The number of hydrogen-bond acceptors (Lipinski definition) is 2. The zero-order valence-corrected chi connectivity index (χ0v) is 10.2. The van der Waals surface area contributed by atoms with Crippen LogP contribution < -0.4 is 5.73 Å². The van der Waals surface area contributed by atoms with Crippen molar-refractivity contribution in [2.45, 2.75) is 12.8 Å². The van der Waals surface area contributed by atoms with Crippen molar-refractivity contribution in [3.05, 3.63) is 66.0 Å². The van der Waals surface area contributed by atoms with Crippen LogP contribution in [0, 0.1) is 0 Å². The number of benzene rings is 1. The second-order valence-corrected chi connectivity index (χ2v) is 4.22. The van der Waals surface area contributed by atoms with E-state index in [9.17, 15) is 0 Å². The van der Waals surface area contributed by atoms with Crippen molar-refractivity contribution in [2.75, 3.05) is 7.05 Å². The second-order valence-electron chi connectivity index (χ2n) is 4.22. The van der Waals surface area contributed by atoms with Crippen LogP contribution >= 0.6 is 0 Å². The third-order valence-corrected chi connectivity index (χ3v) is 3.06. The molecule has 0 aliphatic heterocycles. The summed E-state index contributed by atoms with van der Waals surface area (Å²) < 4.78 is 0. The van der Waals surface area contributed by atoms with Gasteiger partial charge in [0.1, 0.15) is 0 Å². The van der Waals surface area contributed by atoms with E-state index in [1.54, 1.807) is 0 Å². The Kier molecular flexibility index (Phi) is 3.33. The van der Waals surface area contributed by atoms with Crippen molar-refractivity contribution in [1.29, 1.82) is 0 Å². The average Bonchev–Trinajstić information content (AvgIpc) is 2.39. The van der Waals surface area contributed by atoms with Crippen molar-refractivity contribution >= 4 is 5.70 Å². The minimum atomic E-state index is 0.929. The molecule has 0 amide bonds. The second kappa shape index (κ2) is 4.91. The van der Waals surface area contributed by atoms with Crippen molar-refractivity contribution in [1.82, 2.24) is 4.90 Å². The fourth-order valence-corrected chi connectivity index (χ4v) is 1.97. The van der Waals surface area contributed by atoms with E-state index in [2.05, 4.69) is 35.8 Å². The van der Waals surface area contributed by atoms with Crippen molar-refractivity contribution in [3.63, 3.8) is 0 Å². The lowest BCUT2D eigenvalue weighted by Gasteiger charge is -2.26. The zero-order valence-electron chi connectivity index (χ0n) is 10.2. The maximum absolute atomic E-state index is 6.04. The molecule has 1 aromatic rings. The molecular formula is C15H18N2. The van der Waals surface area contributed by atoms with Gasteiger partial charge in [-0.3, -0.25) is 0 Å². The van der Waals surface area contributed by atoms with E-state index in [-0.39, 0.29) is 0 Å². The normalized spacial score (nSPS) is 14.9. The predicted molar refractivity (Wildman–Crippen MR) is 72.8 cm³/mol. The van der Waals surface area contributed by atoms with Gasteiger partial charge in [0.05, 0.1) is 5.70 Å². The molecule has 0 aromatic heterocycles. The molecule has 0 bridgehead atoms. The number of allylic oxidation sites excluding steroid dienone is 3. The topological polar surface area (TPSA) is 29.3 Å². The SMILES string of the molecule is C=C(c1ccccc1)N(C)C1=C(N)CCC=C1. The van der Waals surface area contributed by atoms with Crippen LogP contribution in [0.25, 0.3) is 5.70 Å². The van der Waals surface area contributed by atoms with E-state index in [0.717, 1.165) is 35.5 Å². The summed E-state index contributed by atoms with van der Waals surface area (Å²) >= 11 is 0. The van der Waals surface area contributed by atoms with Crippen molar-refractivity contribution in [3.8, 4) is 0 Å². The number of hydrogen-bond donors (Lipinski definition) is 1. The van der Waals surface area contributed by atoms with Crippen molar-refractivity contribution in [2.24, 2.45) is 5.73 Å². The molecule has 2 nitrogen and oxygen atoms in total. The zero-order chi connectivity index (χ0) is 12.3. The molecule has 1 aliphatic rings. The van der Waals surface area contributed by atoms with E-state index in [4.69, 9.17) is 5.73 Å². The maximum atomic E-state index is 6.04. The van der Waals surface area contributed by atoms with Gasteiger partial charge in [0, 0.05) is 18.4 Å². The van der Waals surface area contributed by atoms with Crippen LogP contribution in [-0.4, -0.2) is 11.9 Å². The first kappa shape index (κ1) is 11.5. The van der Waals surface area contributed by atoms with E-state index < -0.39 is 0 Å². The first-order chi connectivity index (χ1) is 8.20. The quantitative estimate of drug-likeness (QED) is 0.858. The minimum Gasteiger partial charge on any atom is -0.400 e. The monoisotopic (exact) mass is 226 g/mol. The van der Waals surface area contributed by atoms with Gasteiger partial charge < -0.3 is 10.6 Å². The Morgan fingerprint density at radius 1 is 1.29 bits per heavy atom. The van der Waals surface area contributed by atoms with Gasteiger partial charge in [-0.25, -0.2) is 0 Å². The molecule has 0 saturated heterocycles. The van der Waals surface area contributed by atoms with Crippen LogP contribution in [0.15, 0.2) is 60.5 Å². The van der Waals surface area contributed by atoms with Crippen LogP contribution in [0.2, 0.25) is 0 Å². The molecule has 1 aliphatic carbocycles. The fourth-order valence-electron chi connectivity index (χ4n) is 1.97. The molecule has 88 valence electrons. The molecular weight excluding hydrogens is 208 g/mol. The molecule has 0 saturated carbocycles. The molecule has 2 heteroatoms. The van der Waals surface area contributed by atoms with Gasteiger partial charge >= 0.3 is 0 Å². The summed E-state index contributed by atoms with van der Waals surface area (Å²) in [6.07, 6.45) is 6.19. The summed E-state index contributed by atoms with van der Waals surface area (Å²) in [7, 11) is 2.01. The van der Waals surface area contributed by atoms with Gasteiger partial charge in [0.25, 0.3) is 0 Å². The van der Waals surface area contributed by atoms with E-state index in [1.165, 1.54) is 0 Å². The Bertz CT molecular complexity index is 469. The molecule has 0 spiro atoms. The smallest absolute Gasteiger partial charge is 0.0595 e. The summed E-state index contributed by atoms with van der Waals surface area (Å²) in [6, 6.07) is 10.2. The van der Waals surface area contributed by atoms with E-state index >= 15 is 0 Å². The van der Waals surface area contributed by atoms with Gasteiger partial charge in [0.15, 0.2) is 0 Å². The molecule has 2 rings (SSSR count). The van der Waals surface area contributed by atoms with Crippen LogP contribution in [0.1, 0.15) is 18.4 Å². The molecule has 0 heterocycles. The Morgan fingerprint density at radius 2 is 2.00 bits per heavy atom. The Hall–Kier alpha value is -1.96. The third-order valence-electron chi connectivity index (χ3n) is 3.06. The lowest BCUT2D eigenvalue weighted by atomic mass is 10.1. The third kappa shape index (κ3) is 2.41. The average molecular weight is 226 g/mol. The molecule has 0 fully saturated rings. The summed E-state index contributed by atoms with van der Waals surface area (Å²) in [5.74, 6) is 0. The number of likely N-dealkylation sites (N-methyl/N-ethyl adjacent to an activating group) is 1. The summed E-state index contributed by atoms with van der Waals surface area (Å²) in [6.45, 7) is 4.14. The molecule has 1 aromatic carbocycles. The number of rotatable bonds is 3. The Morgan fingerprint density at radius 3 is 2.65 bits per heavy atom. The van der Waals surface area contributed by atoms with Gasteiger partial charge in [-0.15, -0.1) is 0 Å². The highest BCUT2D eigenvalue weighted by Gasteiger charge is 2.12. The number of nitrogens with zero attached hydrogens (tertiary/aromatic N) is 1. The Balaban J connectivity index is 2.24. The van der Waals surface area contributed by atoms with Crippen LogP contribution in [0.5, 0.6) is 0 Å². The van der Waals surface area contributed by atoms with E-state index in [1.807, 2.05) is 25.2 Å². The molecule has 17 heavy (non-hydrogen) atoms. The first-order valence-corrected chi connectivity index (χ1v) is 5.83. The molecule has 2 N–H and O–H groups in total. The highest BCUT2D eigenvalue weighted by molar-refractivity contribution is 5.64. The fraction of sp³-hybridized carbons (Fsp3) is 0.200. The highest BCUT2D eigenvalue weighted by Crippen LogP contribution is 2.24. The summed E-state index contributed by atoms with van der Waals surface area (Å²) in [5.41, 5.74) is 10.1. The first-order valence-electron chi connectivity index (χ1n) is 5.83. The van der Waals surface area contributed by atoms with Gasteiger partial charge in [-0.2, -0.15) is 0 Å². The maximum Gasteiger partial charge on any atom is 0.0595 e. The molecule has 0 unspecified atom stereocenters. The molecule has 0 radical (unpaired) electrons. The number of nitrogens with two attached hydrogens (primary N) is 1. The molecule has 0 atom stereocenters. The largest absolute Gasteiger partial charge is 0.400 e. The predicted octanol–water partition coefficient (Wildman–Crippen LogP) is 3.11. The van der Waals surface area contributed by atoms with Crippen molar-refractivity contribution < 1.29 is 0 Å². The minimum absolute atomic E-state index is 0.929. The highest BCUT2D eigenvalue weighted by atomic mass is 15.1. The van der Waals surface area contributed by atoms with Crippen LogP contribution in [0.3, 0.4) is 0 Å². The standard InChI is InChI=1S/C15H18N2/c1-12(13-8-4-3-5-9-13)17(2)15-11-7-6-10-14(15)16/h3-5,7-9,11H,1,6,10,16H2,2H3. The van der Waals surface area contributed by atoms with Crippen LogP contribution in [-0.2, 0) is 0 Å². The van der Waals surface area contributed by atoms with Gasteiger partial charge in [-0.1, -0.05) is 43.0 Å². The van der Waals surface area contributed by atoms with Gasteiger partial charge in [-0.05, 0) is 24.5 Å². The summed E-state index contributed by atoms with van der Waals surface area (Å²) in [5, 5.41) is 0. The van der Waals surface area contributed by atoms with E-state index in [0.29, 0.717) is 0 Å². The van der Waals surface area contributed by atoms with Crippen LogP contribution in [0.4, 0.5) is 0 Å². The lowest BCUT2D eigenvalue weighted by molar-refractivity contribution is 0.596. The Labute approximate surface area is 103 Å². The van der Waals surface area contributed by atoms with Gasteiger partial charge in [0.2, 0.25) is 0 Å².